The summed E-state index contributed by atoms with van der Waals surface area (Å²) in [6.45, 7) is 4.85. The number of hydrogen-bond donors (Lipinski definition) is 0. The monoisotopic (exact) mass is 315 g/mol. The van der Waals surface area contributed by atoms with Crippen LogP contribution in [-0.4, -0.2) is 55.3 Å². The first-order chi connectivity index (χ1) is 10.5. The lowest BCUT2D eigenvalue weighted by Gasteiger charge is -2.41. The van der Waals surface area contributed by atoms with Crippen LogP contribution in [-0.2, 0) is 10.9 Å². The topological polar surface area (TPSA) is 28.6 Å². The number of hydrogen-bond acceptors (Lipinski definition) is 4. The third kappa shape index (κ3) is 3.52. The molecule has 0 radical (unpaired) electrons. The van der Waals surface area contributed by atoms with Crippen molar-refractivity contribution in [2.24, 2.45) is 0 Å². The van der Waals surface area contributed by atoms with Crippen LogP contribution in [0.25, 0.3) is 0 Å². The molecule has 0 amide bonds. The molecule has 3 heterocycles. The minimum atomic E-state index is -4.39. The van der Waals surface area contributed by atoms with Crippen LogP contribution < -0.4 is 4.90 Å². The highest BCUT2D eigenvalue weighted by molar-refractivity contribution is 5.47. The number of aromatic nitrogens is 1. The molecule has 0 aromatic carbocycles. The van der Waals surface area contributed by atoms with Crippen molar-refractivity contribution in [2.75, 3.05) is 44.3 Å². The summed E-state index contributed by atoms with van der Waals surface area (Å²) in [5.74, 6) is 0. The minimum Gasteiger partial charge on any atom is -0.379 e. The summed E-state index contributed by atoms with van der Waals surface area (Å²) < 4.78 is 43.8. The van der Waals surface area contributed by atoms with Gasteiger partial charge >= 0.3 is 6.18 Å². The van der Waals surface area contributed by atoms with Crippen molar-refractivity contribution in [3.63, 3.8) is 0 Å². The van der Waals surface area contributed by atoms with E-state index in [0.717, 1.165) is 58.3 Å². The fourth-order valence-electron chi connectivity index (χ4n) is 3.20. The summed E-state index contributed by atoms with van der Waals surface area (Å²) in [5, 5.41) is 0. The number of pyridine rings is 1. The van der Waals surface area contributed by atoms with Gasteiger partial charge in [0, 0.05) is 44.1 Å². The quantitative estimate of drug-likeness (QED) is 0.838. The Hall–Kier alpha value is -1.34. The number of rotatable bonds is 2. The number of halogens is 3. The molecule has 4 nitrogen and oxygen atoms in total. The number of piperidine rings is 1. The van der Waals surface area contributed by atoms with Gasteiger partial charge in [-0.1, -0.05) is 0 Å². The molecular formula is C15H20F3N3O. The van der Waals surface area contributed by atoms with Gasteiger partial charge < -0.3 is 9.64 Å². The summed E-state index contributed by atoms with van der Waals surface area (Å²) >= 11 is 0. The molecule has 2 aliphatic rings. The Labute approximate surface area is 127 Å². The molecule has 0 spiro atoms. The molecule has 1 atom stereocenters. The van der Waals surface area contributed by atoms with E-state index < -0.39 is 11.9 Å². The van der Waals surface area contributed by atoms with E-state index in [2.05, 4.69) is 9.88 Å². The summed E-state index contributed by atoms with van der Waals surface area (Å²) in [4.78, 5) is 7.87. The second-order valence-electron chi connectivity index (χ2n) is 5.79. The van der Waals surface area contributed by atoms with Crippen LogP contribution in [0.5, 0.6) is 0 Å². The van der Waals surface area contributed by atoms with Gasteiger partial charge in [0.1, 0.15) is 5.69 Å². The molecule has 1 aromatic heterocycles. The number of alkyl halides is 3. The molecule has 122 valence electrons. The Balaban J connectivity index is 1.71. The molecule has 1 unspecified atom stereocenters. The van der Waals surface area contributed by atoms with E-state index in [0.29, 0.717) is 11.7 Å². The summed E-state index contributed by atoms with van der Waals surface area (Å²) in [6, 6.07) is 3.21. The molecular weight excluding hydrogens is 295 g/mol. The van der Waals surface area contributed by atoms with Crippen molar-refractivity contribution in [1.29, 1.82) is 0 Å². The standard InChI is InChI=1S/C15H20F3N3O/c16-15(17,18)14-10-12(3-4-19-14)21-5-1-2-13(11-21)20-6-8-22-9-7-20/h3-4,10,13H,1-2,5-9,11H2. The average Bonchev–Trinajstić information content (AvgIpc) is 2.55. The van der Waals surface area contributed by atoms with Gasteiger partial charge in [0.25, 0.3) is 0 Å². The molecule has 0 bridgehead atoms. The van der Waals surface area contributed by atoms with Crippen LogP contribution >= 0.6 is 0 Å². The van der Waals surface area contributed by atoms with Crippen molar-refractivity contribution in [3.8, 4) is 0 Å². The van der Waals surface area contributed by atoms with E-state index in [1.807, 2.05) is 4.90 Å². The molecule has 7 heteroatoms. The average molecular weight is 315 g/mol. The van der Waals surface area contributed by atoms with E-state index in [9.17, 15) is 13.2 Å². The number of anilines is 1. The van der Waals surface area contributed by atoms with Crippen LogP contribution in [0.2, 0.25) is 0 Å². The maximum Gasteiger partial charge on any atom is 0.433 e. The fourth-order valence-corrected chi connectivity index (χ4v) is 3.20. The number of ether oxygens (including phenoxy) is 1. The zero-order chi connectivity index (χ0) is 15.6. The maximum absolute atomic E-state index is 12.8. The predicted molar refractivity (Wildman–Crippen MR) is 76.9 cm³/mol. The number of morpholine rings is 1. The Morgan fingerprint density at radius 3 is 2.68 bits per heavy atom. The van der Waals surface area contributed by atoms with Gasteiger partial charge in [-0.2, -0.15) is 13.2 Å². The van der Waals surface area contributed by atoms with Gasteiger partial charge in [-0.05, 0) is 25.0 Å². The van der Waals surface area contributed by atoms with E-state index in [1.54, 1.807) is 6.07 Å². The zero-order valence-corrected chi connectivity index (χ0v) is 12.4. The molecule has 2 fully saturated rings. The van der Waals surface area contributed by atoms with Crippen LogP contribution in [0.1, 0.15) is 18.5 Å². The molecule has 22 heavy (non-hydrogen) atoms. The van der Waals surface area contributed by atoms with Crippen LogP contribution in [0.15, 0.2) is 18.3 Å². The highest BCUT2D eigenvalue weighted by atomic mass is 19.4. The molecule has 1 aromatic rings. The molecule has 0 saturated carbocycles. The first kappa shape index (κ1) is 15.6. The van der Waals surface area contributed by atoms with Gasteiger partial charge in [0.15, 0.2) is 0 Å². The minimum absolute atomic E-state index is 0.389. The SMILES string of the molecule is FC(F)(F)c1cc(N2CCCC(N3CCOCC3)C2)ccn1. The fraction of sp³-hybridized carbons (Fsp3) is 0.667. The van der Waals surface area contributed by atoms with E-state index in [4.69, 9.17) is 4.74 Å². The number of nitrogens with zero attached hydrogens (tertiary/aromatic N) is 3. The molecule has 2 aliphatic heterocycles. The van der Waals surface area contributed by atoms with Crippen LogP contribution in [0.4, 0.5) is 18.9 Å². The lowest BCUT2D eigenvalue weighted by molar-refractivity contribution is -0.141. The van der Waals surface area contributed by atoms with Crippen LogP contribution in [0, 0.1) is 0 Å². The third-order valence-electron chi connectivity index (χ3n) is 4.36. The van der Waals surface area contributed by atoms with Gasteiger partial charge in [-0.15, -0.1) is 0 Å². The van der Waals surface area contributed by atoms with Crippen molar-refractivity contribution < 1.29 is 17.9 Å². The summed E-state index contributed by atoms with van der Waals surface area (Å²) in [5.41, 5.74) is -0.209. The lowest BCUT2D eigenvalue weighted by atomic mass is 10.0. The lowest BCUT2D eigenvalue weighted by Crippen LogP contribution is -2.51. The van der Waals surface area contributed by atoms with E-state index in [-0.39, 0.29) is 0 Å². The van der Waals surface area contributed by atoms with Gasteiger partial charge in [0.2, 0.25) is 0 Å². The Bertz CT molecular complexity index is 503. The van der Waals surface area contributed by atoms with Crippen molar-refractivity contribution >= 4 is 5.69 Å². The van der Waals surface area contributed by atoms with Crippen molar-refractivity contribution in [2.45, 2.75) is 25.1 Å². The third-order valence-corrected chi connectivity index (χ3v) is 4.36. The van der Waals surface area contributed by atoms with Crippen molar-refractivity contribution in [1.82, 2.24) is 9.88 Å². The Kier molecular flexibility index (Phi) is 4.54. The van der Waals surface area contributed by atoms with Gasteiger partial charge in [0.05, 0.1) is 13.2 Å². The van der Waals surface area contributed by atoms with E-state index >= 15 is 0 Å². The van der Waals surface area contributed by atoms with Crippen LogP contribution in [0.3, 0.4) is 0 Å². The summed E-state index contributed by atoms with van der Waals surface area (Å²) in [6.07, 6.45) is -1.06. The first-order valence-corrected chi connectivity index (χ1v) is 7.64. The normalized spacial score (nSPS) is 24.5. The maximum atomic E-state index is 12.8. The Morgan fingerprint density at radius 1 is 1.18 bits per heavy atom. The largest absolute Gasteiger partial charge is 0.433 e. The van der Waals surface area contributed by atoms with Gasteiger partial charge in [-0.25, -0.2) is 0 Å². The second-order valence-corrected chi connectivity index (χ2v) is 5.79. The summed E-state index contributed by atoms with van der Waals surface area (Å²) in [7, 11) is 0. The Morgan fingerprint density at radius 2 is 1.95 bits per heavy atom. The van der Waals surface area contributed by atoms with E-state index in [1.165, 1.54) is 6.20 Å². The molecule has 2 saturated heterocycles. The second kappa shape index (κ2) is 6.42. The highest BCUT2D eigenvalue weighted by Crippen LogP contribution is 2.31. The predicted octanol–water partition coefficient (Wildman–Crippen LogP) is 2.40. The molecule has 0 aliphatic carbocycles. The molecule has 0 N–H and O–H groups in total. The first-order valence-electron chi connectivity index (χ1n) is 7.64. The van der Waals surface area contributed by atoms with Gasteiger partial charge in [-0.3, -0.25) is 9.88 Å². The van der Waals surface area contributed by atoms with Crippen molar-refractivity contribution in [3.05, 3.63) is 24.0 Å². The zero-order valence-electron chi connectivity index (χ0n) is 12.4. The highest BCUT2D eigenvalue weighted by Gasteiger charge is 2.33. The smallest absolute Gasteiger partial charge is 0.379 e. The molecule has 3 rings (SSSR count).